The molecule has 1 aromatic heterocycles. The smallest absolute Gasteiger partial charge is 0.143 e. The number of rotatable bonds is 6. The van der Waals surface area contributed by atoms with Crippen LogP contribution in [0.25, 0.3) is 76.9 Å². The third kappa shape index (κ3) is 5.21. The van der Waals surface area contributed by atoms with Crippen LogP contribution in [0.5, 0.6) is 0 Å². The lowest BCUT2D eigenvalue weighted by Crippen LogP contribution is -2.10. The quantitative estimate of drug-likeness (QED) is 0.165. The fraction of sp³-hybridized carbons (Fsp3) is 0. The van der Waals surface area contributed by atoms with Crippen LogP contribution >= 0.6 is 0 Å². The number of fused-ring (bicyclic) bond motifs is 7. The Bertz CT molecular complexity index is 2810. The van der Waals surface area contributed by atoms with Gasteiger partial charge in [-0.05, 0) is 104 Å². The zero-order valence-corrected chi connectivity index (χ0v) is 28.4. The molecule has 2 heteroatoms. The van der Waals surface area contributed by atoms with Gasteiger partial charge >= 0.3 is 0 Å². The Morgan fingerprint density at radius 2 is 0.827 bits per heavy atom. The normalized spacial score (nSPS) is 11.5. The van der Waals surface area contributed by atoms with E-state index in [1.807, 2.05) is 6.07 Å². The number of benzene rings is 9. The Morgan fingerprint density at radius 3 is 1.52 bits per heavy atom. The van der Waals surface area contributed by atoms with E-state index < -0.39 is 0 Å². The van der Waals surface area contributed by atoms with E-state index in [0.717, 1.165) is 39.0 Å². The van der Waals surface area contributed by atoms with E-state index in [9.17, 15) is 0 Å². The van der Waals surface area contributed by atoms with Crippen molar-refractivity contribution >= 4 is 60.5 Å². The third-order valence-electron chi connectivity index (χ3n) is 10.2. The maximum absolute atomic E-state index is 6.46. The van der Waals surface area contributed by atoms with Crippen LogP contribution in [0.2, 0.25) is 0 Å². The first-order valence-corrected chi connectivity index (χ1v) is 17.8. The van der Waals surface area contributed by atoms with Crippen molar-refractivity contribution in [1.29, 1.82) is 0 Å². The Balaban J connectivity index is 1.06. The molecule has 9 aromatic carbocycles. The summed E-state index contributed by atoms with van der Waals surface area (Å²) in [6, 6.07) is 71.7. The second kappa shape index (κ2) is 12.5. The molecule has 2 nitrogen and oxygen atoms in total. The van der Waals surface area contributed by atoms with E-state index >= 15 is 0 Å². The van der Waals surface area contributed by atoms with Gasteiger partial charge in [-0.2, -0.15) is 0 Å². The van der Waals surface area contributed by atoms with Gasteiger partial charge in [-0.3, -0.25) is 0 Å². The molecule has 0 unspecified atom stereocenters. The van der Waals surface area contributed by atoms with E-state index in [4.69, 9.17) is 4.42 Å². The molecule has 0 saturated heterocycles. The van der Waals surface area contributed by atoms with E-state index in [2.05, 4.69) is 199 Å². The van der Waals surface area contributed by atoms with Gasteiger partial charge in [0, 0.05) is 33.2 Å². The molecule has 0 amide bonds. The van der Waals surface area contributed by atoms with E-state index in [1.54, 1.807) is 0 Å². The molecule has 0 radical (unpaired) electrons. The van der Waals surface area contributed by atoms with Crippen molar-refractivity contribution in [2.45, 2.75) is 0 Å². The van der Waals surface area contributed by atoms with Gasteiger partial charge < -0.3 is 9.32 Å². The van der Waals surface area contributed by atoms with E-state index in [1.165, 1.54) is 54.9 Å². The van der Waals surface area contributed by atoms with E-state index in [-0.39, 0.29) is 0 Å². The Kier molecular flexibility index (Phi) is 7.18. The molecule has 0 bridgehead atoms. The highest BCUT2D eigenvalue weighted by Crippen LogP contribution is 2.41. The number of anilines is 3. The van der Waals surface area contributed by atoms with Crippen molar-refractivity contribution < 1.29 is 4.42 Å². The molecule has 0 aliphatic rings. The summed E-state index contributed by atoms with van der Waals surface area (Å²) in [5.74, 6) is 0. The van der Waals surface area contributed by atoms with Crippen LogP contribution in [0, 0.1) is 0 Å². The predicted octanol–water partition coefficient (Wildman–Crippen LogP) is 14.4. The molecule has 0 N–H and O–H groups in total. The van der Waals surface area contributed by atoms with Crippen LogP contribution in [0.15, 0.2) is 205 Å². The summed E-state index contributed by atoms with van der Waals surface area (Å²) in [6.07, 6.45) is 0. The van der Waals surface area contributed by atoms with Crippen LogP contribution in [-0.2, 0) is 0 Å². The minimum absolute atomic E-state index is 0.923. The van der Waals surface area contributed by atoms with Gasteiger partial charge in [-0.1, -0.05) is 146 Å². The lowest BCUT2D eigenvalue weighted by atomic mass is 9.96. The molecular formula is C50H33NO. The highest BCUT2D eigenvalue weighted by atomic mass is 16.3. The van der Waals surface area contributed by atoms with Crippen LogP contribution in [0.4, 0.5) is 17.1 Å². The topological polar surface area (TPSA) is 16.4 Å². The number of nitrogens with zero attached hydrogens (tertiary/aromatic N) is 1. The minimum atomic E-state index is 0.923. The second-order valence-corrected chi connectivity index (χ2v) is 13.4. The molecule has 10 rings (SSSR count). The van der Waals surface area contributed by atoms with Gasteiger partial charge in [0.05, 0.1) is 0 Å². The molecule has 0 spiro atoms. The molecule has 0 fully saturated rings. The molecule has 0 saturated carbocycles. The average molecular weight is 664 g/mol. The van der Waals surface area contributed by atoms with Crippen molar-refractivity contribution in [1.82, 2.24) is 0 Å². The Labute approximate surface area is 302 Å². The van der Waals surface area contributed by atoms with Crippen LogP contribution in [0.3, 0.4) is 0 Å². The first-order chi connectivity index (χ1) is 25.8. The zero-order chi connectivity index (χ0) is 34.4. The Morgan fingerprint density at radius 1 is 0.308 bits per heavy atom. The summed E-state index contributed by atoms with van der Waals surface area (Å²) in [5.41, 5.74) is 12.3. The fourth-order valence-electron chi connectivity index (χ4n) is 7.67. The lowest BCUT2D eigenvalue weighted by Gasteiger charge is -2.27. The first kappa shape index (κ1) is 30.0. The SMILES string of the molecule is c1ccc(-c2cccc(N(c3ccc(-c4ccc5c(ccc6ccc7c8ccccc8oc7c65)c4)cc3)c3cccc(-c4ccccc4)c3)c2)cc1. The van der Waals surface area contributed by atoms with Crippen LogP contribution in [0.1, 0.15) is 0 Å². The summed E-state index contributed by atoms with van der Waals surface area (Å²) in [5, 5.41) is 7.05. The van der Waals surface area contributed by atoms with E-state index in [0.29, 0.717) is 0 Å². The third-order valence-corrected chi connectivity index (χ3v) is 10.2. The molecule has 10 aromatic rings. The summed E-state index contributed by atoms with van der Waals surface area (Å²) >= 11 is 0. The molecule has 0 aliphatic heterocycles. The summed E-state index contributed by atoms with van der Waals surface area (Å²) in [4.78, 5) is 2.35. The van der Waals surface area contributed by atoms with Crippen LogP contribution < -0.4 is 4.90 Å². The number of hydrogen-bond acceptors (Lipinski definition) is 2. The number of furan rings is 1. The van der Waals surface area contributed by atoms with Crippen LogP contribution in [-0.4, -0.2) is 0 Å². The molecular weight excluding hydrogens is 631 g/mol. The monoisotopic (exact) mass is 663 g/mol. The van der Waals surface area contributed by atoms with Gasteiger partial charge in [0.15, 0.2) is 0 Å². The largest absolute Gasteiger partial charge is 0.455 e. The summed E-state index contributed by atoms with van der Waals surface area (Å²) < 4.78 is 6.46. The zero-order valence-electron chi connectivity index (χ0n) is 28.4. The summed E-state index contributed by atoms with van der Waals surface area (Å²) in [7, 11) is 0. The predicted molar refractivity (Wildman–Crippen MR) is 220 cm³/mol. The molecule has 0 atom stereocenters. The van der Waals surface area contributed by atoms with Gasteiger partial charge in [0.25, 0.3) is 0 Å². The standard InChI is InChI=1S/C50H33NO/c1-3-11-34(12-4-1)38-15-9-17-43(32-38)51(44-18-10-16-39(33-44)35-13-5-2-6-14-35)42-27-23-36(24-28-42)40-26-29-45-41(31-40)22-21-37-25-30-47-46-19-7-8-20-48(46)52-50(47)49(37)45/h1-33H. The number of para-hydroxylation sites is 1. The van der Waals surface area contributed by atoms with Crippen molar-refractivity contribution in [3.63, 3.8) is 0 Å². The average Bonchev–Trinajstić information content (AvgIpc) is 3.61. The summed E-state index contributed by atoms with van der Waals surface area (Å²) in [6.45, 7) is 0. The maximum Gasteiger partial charge on any atom is 0.143 e. The second-order valence-electron chi connectivity index (χ2n) is 13.4. The highest BCUT2D eigenvalue weighted by molar-refractivity contribution is 6.23. The van der Waals surface area contributed by atoms with Crippen molar-refractivity contribution in [2.75, 3.05) is 4.90 Å². The molecule has 244 valence electrons. The van der Waals surface area contributed by atoms with Gasteiger partial charge in [0.1, 0.15) is 11.2 Å². The Hall–Kier alpha value is -6.90. The number of hydrogen-bond donors (Lipinski definition) is 0. The van der Waals surface area contributed by atoms with Gasteiger partial charge in [-0.15, -0.1) is 0 Å². The maximum atomic E-state index is 6.46. The molecule has 0 aliphatic carbocycles. The van der Waals surface area contributed by atoms with Gasteiger partial charge in [0.2, 0.25) is 0 Å². The van der Waals surface area contributed by atoms with Crippen molar-refractivity contribution in [2.24, 2.45) is 0 Å². The van der Waals surface area contributed by atoms with Crippen molar-refractivity contribution in [3.8, 4) is 33.4 Å². The minimum Gasteiger partial charge on any atom is -0.455 e. The van der Waals surface area contributed by atoms with Crippen molar-refractivity contribution in [3.05, 3.63) is 200 Å². The lowest BCUT2D eigenvalue weighted by molar-refractivity contribution is 0.673. The molecule has 52 heavy (non-hydrogen) atoms. The molecule has 1 heterocycles. The highest BCUT2D eigenvalue weighted by Gasteiger charge is 2.16. The van der Waals surface area contributed by atoms with Gasteiger partial charge in [-0.25, -0.2) is 0 Å². The first-order valence-electron chi connectivity index (χ1n) is 17.8. The fourth-order valence-corrected chi connectivity index (χ4v) is 7.67.